The minimum atomic E-state index is -4.69. The second kappa shape index (κ2) is 10.8. The molecule has 4 rings (SSSR count). The Hall–Kier alpha value is -3.29. The second-order valence-corrected chi connectivity index (χ2v) is 9.21. The highest BCUT2D eigenvalue weighted by Crippen LogP contribution is 2.35. The van der Waals surface area contributed by atoms with Crippen LogP contribution in [0.4, 0.5) is 24.8 Å². The van der Waals surface area contributed by atoms with E-state index in [1.807, 2.05) is 11.0 Å². The number of amides is 2. The SMILES string of the molecule is C[C@@H](NC(=O)c1cccc(N2CCOCC2)n1)c1ncc(C(=O)Nc2cc(C(F)(F)F)c(Cl)cn2)s1. The van der Waals surface area contributed by atoms with Crippen LogP contribution in [0.1, 0.15) is 43.7 Å². The molecule has 0 aliphatic carbocycles. The van der Waals surface area contributed by atoms with Gasteiger partial charge in [-0.05, 0) is 25.1 Å². The van der Waals surface area contributed by atoms with E-state index in [0.29, 0.717) is 43.2 Å². The predicted molar refractivity (Wildman–Crippen MR) is 127 cm³/mol. The fourth-order valence-corrected chi connectivity index (χ4v) is 4.37. The Morgan fingerprint density at radius 3 is 2.64 bits per heavy atom. The van der Waals surface area contributed by atoms with Crippen molar-refractivity contribution < 1.29 is 27.5 Å². The van der Waals surface area contributed by atoms with Crippen molar-refractivity contribution in [2.24, 2.45) is 0 Å². The summed E-state index contributed by atoms with van der Waals surface area (Å²) in [6.07, 6.45) is -2.60. The van der Waals surface area contributed by atoms with Gasteiger partial charge in [0.05, 0.1) is 36.0 Å². The van der Waals surface area contributed by atoms with Crippen molar-refractivity contribution in [1.82, 2.24) is 20.3 Å². The lowest BCUT2D eigenvalue weighted by atomic mass is 10.2. The summed E-state index contributed by atoms with van der Waals surface area (Å²) in [5, 5.41) is 4.95. The smallest absolute Gasteiger partial charge is 0.378 e. The van der Waals surface area contributed by atoms with Crippen LogP contribution in [0.3, 0.4) is 0 Å². The van der Waals surface area contributed by atoms with Crippen molar-refractivity contribution in [1.29, 1.82) is 0 Å². The third-order valence-electron chi connectivity index (χ3n) is 5.17. The van der Waals surface area contributed by atoms with Gasteiger partial charge in [0.15, 0.2) is 0 Å². The molecule has 0 spiro atoms. The van der Waals surface area contributed by atoms with Crippen LogP contribution in [0.25, 0.3) is 0 Å². The number of aromatic nitrogens is 3. The molecular formula is C22H20ClF3N6O3S. The van der Waals surface area contributed by atoms with Crippen molar-refractivity contribution in [3.63, 3.8) is 0 Å². The minimum absolute atomic E-state index is 0.129. The number of pyridine rings is 2. The van der Waals surface area contributed by atoms with Gasteiger partial charge in [0.2, 0.25) is 0 Å². The number of hydrogen-bond donors (Lipinski definition) is 2. The Kier molecular flexibility index (Phi) is 7.71. The molecule has 3 aromatic heterocycles. The van der Waals surface area contributed by atoms with E-state index in [0.717, 1.165) is 17.5 Å². The van der Waals surface area contributed by atoms with Gasteiger partial charge in [-0.3, -0.25) is 9.59 Å². The molecule has 1 atom stereocenters. The largest absolute Gasteiger partial charge is 0.418 e. The van der Waals surface area contributed by atoms with Gasteiger partial charge < -0.3 is 20.3 Å². The number of morpholine rings is 1. The van der Waals surface area contributed by atoms with Crippen molar-refractivity contribution in [3.05, 3.63) is 62.8 Å². The first-order chi connectivity index (χ1) is 17.1. The van der Waals surface area contributed by atoms with E-state index in [-0.39, 0.29) is 16.4 Å². The molecule has 2 amide bonds. The predicted octanol–water partition coefficient (Wildman–Crippen LogP) is 4.19. The average molecular weight is 541 g/mol. The number of nitrogens with zero attached hydrogens (tertiary/aromatic N) is 4. The normalized spacial score (nSPS) is 14.9. The Labute approximate surface area is 212 Å². The number of ether oxygens (including phenoxy) is 1. The fraction of sp³-hybridized carbons (Fsp3) is 0.318. The number of nitrogens with one attached hydrogen (secondary N) is 2. The van der Waals surface area contributed by atoms with Gasteiger partial charge in [-0.15, -0.1) is 11.3 Å². The zero-order valence-electron chi connectivity index (χ0n) is 18.8. The minimum Gasteiger partial charge on any atom is -0.378 e. The molecule has 9 nitrogen and oxygen atoms in total. The average Bonchev–Trinajstić information content (AvgIpc) is 3.36. The number of carbonyl (C=O) groups excluding carboxylic acids is 2. The van der Waals surface area contributed by atoms with Crippen LogP contribution in [0.2, 0.25) is 5.02 Å². The molecule has 0 aromatic carbocycles. The molecule has 0 bridgehead atoms. The summed E-state index contributed by atoms with van der Waals surface area (Å²) in [5.41, 5.74) is -0.878. The third-order valence-corrected chi connectivity index (χ3v) is 6.65. The number of halogens is 4. The standard InChI is InChI=1S/C22H20ClF3N6O3S/c1-12(29-19(33)15-3-2-4-18(30-15)32-5-7-35-8-6-32)21-28-11-16(36-21)20(34)31-17-9-13(22(24,25)26)14(23)10-27-17/h2-4,9-12H,5-8H2,1H3,(H,29,33)(H,27,31,34)/t12-/m1/s1. The van der Waals surface area contributed by atoms with Crippen LogP contribution in [0.5, 0.6) is 0 Å². The first-order valence-electron chi connectivity index (χ1n) is 10.7. The van der Waals surface area contributed by atoms with Gasteiger partial charge in [-0.25, -0.2) is 15.0 Å². The van der Waals surface area contributed by atoms with Crippen LogP contribution in [-0.4, -0.2) is 53.1 Å². The number of hydrogen-bond acceptors (Lipinski definition) is 8. The van der Waals surface area contributed by atoms with Crippen molar-refractivity contribution in [2.45, 2.75) is 19.1 Å². The van der Waals surface area contributed by atoms with E-state index in [2.05, 4.69) is 25.6 Å². The van der Waals surface area contributed by atoms with Crippen LogP contribution >= 0.6 is 22.9 Å². The molecule has 1 aliphatic rings. The highest BCUT2D eigenvalue weighted by molar-refractivity contribution is 7.13. The zero-order chi connectivity index (χ0) is 25.9. The van der Waals surface area contributed by atoms with Crippen molar-refractivity contribution >= 4 is 46.4 Å². The lowest BCUT2D eigenvalue weighted by Crippen LogP contribution is -2.37. The van der Waals surface area contributed by atoms with Gasteiger partial charge in [0.25, 0.3) is 11.8 Å². The molecule has 2 N–H and O–H groups in total. The van der Waals surface area contributed by atoms with Crippen LogP contribution in [0.15, 0.2) is 36.7 Å². The number of rotatable bonds is 6. The first kappa shape index (κ1) is 25.8. The van der Waals surface area contributed by atoms with Gasteiger partial charge in [-0.1, -0.05) is 17.7 Å². The summed E-state index contributed by atoms with van der Waals surface area (Å²) in [6, 6.07) is 5.27. The molecule has 1 saturated heterocycles. The van der Waals surface area contributed by atoms with Gasteiger partial charge >= 0.3 is 6.18 Å². The number of carbonyl (C=O) groups is 2. The molecule has 4 heterocycles. The monoisotopic (exact) mass is 540 g/mol. The molecule has 0 saturated carbocycles. The number of alkyl halides is 3. The second-order valence-electron chi connectivity index (χ2n) is 7.74. The molecule has 190 valence electrons. The quantitative estimate of drug-likeness (QED) is 0.482. The Bertz CT molecular complexity index is 1270. The van der Waals surface area contributed by atoms with Crippen molar-refractivity contribution in [2.75, 3.05) is 36.5 Å². The van der Waals surface area contributed by atoms with Gasteiger partial charge in [0, 0.05) is 19.3 Å². The van der Waals surface area contributed by atoms with Crippen LogP contribution in [-0.2, 0) is 10.9 Å². The molecule has 36 heavy (non-hydrogen) atoms. The number of thiazole rings is 1. The summed E-state index contributed by atoms with van der Waals surface area (Å²) in [4.78, 5) is 39.8. The van der Waals surface area contributed by atoms with E-state index in [9.17, 15) is 22.8 Å². The van der Waals surface area contributed by atoms with E-state index >= 15 is 0 Å². The fourth-order valence-electron chi connectivity index (χ4n) is 3.35. The van der Waals surface area contributed by atoms with E-state index in [1.54, 1.807) is 19.1 Å². The van der Waals surface area contributed by atoms with Crippen molar-refractivity contribution in [3.8, 4) is 0 Å². The van der Waals surface area contributed by atoms with E-state index in [4.69, 9.17) is 16.3 Å². The van der Waals surface area contributed by atoms with Crippen LogP contribution in [0, 0.1) is 0 Å². The number of anilines is 2. The highest BCUT2D eigenvalue weighted by Gasteiger charge is 2.34. The zero-order valence-corrected chi connectivity index (χ0v) is 20.4. The van der Waals surface area contributed by atoms with Gasteiger partial charge in [-0.2, -0.15) is 13.2 Å². The molecule has 0 unspecified atom stereocenters. The molecular weight excluding hydrogens is 521 g/mol. The van der Waals surface area contributed by atoms with Crippen LogP contribution < -0.4 is 15.5 Å². The maximum atomic E-state index is 13.0. The summed E-state index contributed by atoms with van der Waals surface area (Å²) in [5.74, 6) is -0.737. The Balaban J connectivity index is 1.40. The maximum absolute atomic E-state index is 13.0. The summed E-state index contributed by atoms with van der Waals surface area (Å²) >= 11 is 6.54. The highest BCUT2D eigenvalue weighted by atomic mass is 35.5. The summed E-state index contributed by atoms with van der Waals surface area (Å²) in [6.45, 7) is 4.24. The third kappa shape index (κ3) is 6.09. The topological polar surface area (TPSA) is 109 Å². The Morgan fingerprint density at radius 1 is 1.17 bits per heavy atom. The molecule has 14 heteroatoms. The summed E-state index contributed by atoms with van der Waals surface area (Å²) in [7, 11) is 0. The molecule has 0 radical (unpaired) electrons. The van der Waals surface area contributed by atoms with E-state index in [1.165, 1.54) is 6.20 Å². The first-order valence-corrected chi connectivity index (χ1v) is 11.9. The molecule has 1 fully saturated rings. The lowest BCUT2D eigenvalue weighted by Gasteiger charge is -2.28. The van der Waals surface area contributed by atoms with E-state index < -0.39 is 34.6 Å². The molecule has 3 aromatic rings. The van der Waals surface area contributed by atoms with Gasteiger partial charge in [0.1, 0.15) is 27.2 Å². The molecule has 1 aliphatic heterocycles. The maximum Gasteiger partial charge on any atom is 0.418 e. The lowest BCUT2D eigenvalue weighted by molar-refractivity contribution is -0.137. The summed E-state index contributed by atoms with van der Waals surface area (Å²) < 4.78 is 44.5. The Morgan fingerprint density at radius 2 is 1.92 bits per heavy atom.